The van der Waals surface area contributed by atoms with Crippen LogP contribution < -0.4 is 10.6 Å². The van der Waals surface area contributed by atoms with Gasteiger partial charge in [0.05, 0.1) is 5.69 Å². The lowest BCUT2D eigenvalue weighted by atomic mass is 10.2. The van der Waals surface area contributed by atoms with Crippen molar-refractivity contribution >= 4 is 27.7 Å². The zero-order valence-corrected chi connectivity index (χ0v) is 13.5. The molecule has 0 atom stereocenters. The summed E-state index contributed by atoms with van der Waals surface area (Å²) in [5.74, 6) is -0.298. The van der Waals surface area contributed by atoms with Crippen LogP contribution in [0.2, 0.25) is 0 Å². The maximum atomic E-state index is 13.4. The first-order valence-electron chi connectivity index (χ1n) is 6.44. The lowest BCUT2D eigenvalue weighted by Crippen LogP contribution is -2.33. The molecule has 0 aliphatic rings. The molecule has 2 N–H and O–H groups in total. The lowest BCUT2D eigenvalue weighted by molar-refractivity contribution is 0.0528. The number of carbonyl (C=O) groups excluding carboxylic acids is 1. The Bertz CT molecular complexity index is 461. The second-order valence-electron chi connectivity index (χ2n) is 5.33. The van der Waals surface area contributed by atoms with Gasteiger partial charge < -0.3 is 15.4 Å². The van der Waals surface area contributed by atoms with Crippen LogP contribution in [0.15, 0.2) is 22.7 Å². The molecule has 20 heavy (non-hydrogen) atoms. The van der Waals surface area contributed by atoms with Gasteiger partial charge in [-0.3, -0.25) is 0 Å². The number of nitrogens with one attached hydrogen (secondary N) is 2. The minimum atomic E-state index is -0.498. The van der Waals surface area contributed by atoms with E-state index in [0.29, 0.717) is 25.2 Å². The third-order valence-corrected chi connectivity index (χ3v) is 2.76. The van der Waals surface area contributed by atoms with E-state index in [2.05, 4.69) is 26.6 Å². The van der Waals surface area contributed by atoms with E-state index in [4.69, 9.17) is 4.74 Å². The number of benzene rings is 1. The number of amides is 1. The molecule has 0 aliphatic heterocycles. The minimum Gasteiger partial charge on any atom is -0.444 e. The summed E-state index contributed by atoms with van der Waals surface area (Å²) in [5.41, 5.74) is -0.0569. The van der Waals surface area contributed by atoms with Crippen molar-refractivity contribution in [1.29, 1.82) is 0 Å². The number of rotatable bonds is 5. The fourth-order valence-electron chi connectivity index (χ4n) is 1.45. The van der Waals surface area contributed by atoms with E-state index >= 15 is 0 Å². The summed E-state index contributed by atoms with van der Waals surface area (Å²) in [4.78, 5) is 11.4. The molecule has 0 aromatic heterocycles. The van der Waals surface area contributed by atoms with Crippen LogP contribution in [-0.4, -0.2) is 24.8 Å². The standard InChI is InChI=1S/C14H20BrFN2O2/c1-14(2,3)20-13(19)18-8-4-7-17-12-9-10(15)5-6-11(12)16/h5-6,9,17H,4,7-8H2,1-3H3,(H,18,19). The zero-order chi connectivity index (χ0) is 15.2. The third kappa shape index (κ3) is 6.75. The molecule has 0 aliphatic carbocycles. The summed E-state index contributed by atoms with van der Waals surface area (Å²) in [5, 5.41) is 5.63. The Morgan fingerprint density at radius 1 is 1.35 bits per heavy atom. The van der Waals surface area contributed by atoms with Gasteiger partial charge in [0.1, 0.15) is 11.4 Å². The van der Waals surface area contributed by atoms with Crippen LogP contribution in [0.25, 0.3) is 0 Å². The Morgan fingerprint density at radius 2 is 2.05 bits per heavy atom. The monoisotopic (exact) mass is 346 g/mol. The first-order chi connectivity index (χ1) is 9.28. The molecule has 1 aromatic carbocycles. The van der Waals surface area contributed by atoms with Crippen LogP contribution in [0.3, 0.4) is 0 Å². The minimum absolute atomic E-state index is 0.298. The van der Waals surface area contributed by atoms with Gasteiger partial charge >= 0.3 is 6.09 Å². The average Bonchev–Trinajstić information content (AvgIpc) is 2.30. The molecule has 1 aromatic rings. The summed E-state index contributed by atoms with van der Waals surface area (Å²) in [6.45, 7) is 6.46. The molecule has 0 bridgehead atoms. The summed E-state index contributed by atoms with van der Waals surface area (Å²) < 4.78 is 19.3. The highest BCUT2D eigenvalue weighted by molar-refractivity contribution is 9.10. The quantitative estimate of drug-likeness (QED) is 0.794. The Hall–Kier alpha value is -1.30. The van der Waals surface area contributed by atoms with Crippen LogP contribution in [-0.2, 0) is 4.74 Å². The van der Waals surface area contributed by atoms with Crippen molar-refractivity contribution in [2.45, 2.75) is 32.8 Å². The summed E-state index contributed by atoms with van der Waals surface area (Å²) >= 11 is 3.29. The Balaban J connectivity index is 2.22. The van der Waals surface area contributed by atoms with E-state index in [-0.39, 0.29) is 5.82 Å². The van der Waals surface area contributed by atoms with Gasteiger partial charge in [-0.25, -0.2) is 9.18 Å². The molecule has 1 amide bonds. The average molecular weight is 347 g/mol. The van der Waals surface area contributed by atoms with Gasteiger partial charge in [0, 0.05) is 17.6 Å². The highest BCUT2D eigenvalue weighted by Crippen LogP contribution is 2.19. The Morgan fingerprint density at radius 3 is 2.70 bits per heavy atom. The van der Waals surface area contributed by atoms with E-state index in [1.165, 1.54) is 6.07 Å². The Labute approximate surface area is 127 Å². The smallest absolute Gasteiger partial charge is 0.407 e. The lowest BCUT2D eigenvalue weighted by Gasteiger charge is -2.19. The van der Waals surface area contributed by atoms with Crippen molar-refractivity contribution in [3.8, 4) is 0 Å². The van der Waals surface area contributed by atoms with Gasteiger partial charge in [0.15, 0.2) is 0 Å². The van der Waals surface area contributed by atoms with Crippen molar-refractivity contribution in [1.82, 2.24) is 5.32 Å². The summed E-state index contributed by atoms with van der Waals surface area (Å²) in [7, 11) is 0. The number of hydrogen-bond donors (Lipinski definition) is 2. The molecule has 112 valence electrons. The topological polar surface area (TPSA) is 50.4 Å². The Kier molecular flexibility index (Phi) is 6.26. The van der Waals surface area contributed by atoms with E-state index in [0.717, 1.165) is 4.47 Å². The van der Waals surface area contributed by atoms with Gasteiger partial charge in [-0.1, -0.05) is 15.9 Å². The van der Waals surface area contributed by atoms with Crippen molar-refractivity contribution in [3.05, 3.63) is 28.5 Å². The number of halogens is 2. The van der Waals surface area contributed by atoms with Crippen LogP contribution in [0, 0.1) is 5.82 Å². The first kappa shape index (κ1) is 16.8. The van der Waals surface area contributed by atoms with E-state index in [9.17, 15) is 9.18 Å². The van der Waals surface area contributed by atoms with Gasteiger partial charge in [0.2, 0.25) is 0 Å². The fourth-order valence-corrected chi connectivity index (χ4v) is 1.81. The number of ether oxygens (including phenoxy) is 1. The molecule has 0 unspecified atom stereocenters. The van der Waals surface area contributed by atoms with Gasteiger partial charge in [-0.05, 0) is 45.4 Å². The van der Waals surface area contributed by atoms with Crippen LogP contribution in [0.1, 0.15) is 27.2 Å². The molecule has 4 nitrogen and oxygen atoms in total. The molecule has 0 spiro atoms. The highest BCUT2D eigenvalue weighted by Gasteiger charge is 2.15. The summed E-state index contributed by atoms with van der Waals surface area (Å²) in [6, 6.07) is 4.71. The number of anilines is 1. The molecule has 1 rings (SSSR count). The zero-order valence-electron chi connectivity index (χ0n) is 11.9. The highest BCUT2D eigenvalue weighted by atomic mass is 79.9. The predicted molar refractivity (Wildman–Crippen MR) is 81.4 cm³/mol. The molecule has 6 heteroatoms. The molecule has 0 saturated carbocycles. The number of hydrogen-bond acceptors (Lipinski definition) is 3. The SMILES string of the molecule is CC(C)(C)OC(=O)NCCCNc1cc(Br)ccc1F. The maximum absolute atomic E-state index is 13.4. The van der Waals surface area contributed by atoms with Crippen molar-refractivity contribution in [2.24, 2.45) is 0 Å². The van der Waals surface area contributed by atoms with Crippen molar-refractivity contribution in [2.75, 3.05) is 18.4 Å². The largest absolute Gasteiger partial charge is 0.444 e. The molecule has 0 radical (unpaired) electrons. The molecular weight excluding hydrogens is 327 g/mol. The van der Waals surface area contributed by atoms with Crippen LogP contribution >= 0.6 is 15.9 Å². The summed E-state index contributed by atoms with van der Waals surface area (Å²) in [6.07, 6.45) is 0.233. The van der Waals surface area contributed by atoms with Crippen LogP contribution in [0.5, 0.6) is 0 Å². The number of alkyl carbamates (subject to hydrolysis) is 1. The van der Waals surface area contributed by atoms with Gasteiger partial charge in [-0.15, -0.1) is 0 Å². The second-order valence-corrected chi connectivity index (χ2v) is 6.25. The molecule has 0 heterocycles. The van der Waals surface area contributed by atoms with E-state index in [1.54, 1.807) is 12.1 Å². The normalized spacial score (nSPS) is 11.1. The van der Waals surface area contributed by atoms with E-state index in [1.807, 2.05) is 20.8 Å². The van der Waals surface area contributed by atoms with Crippen LogP contribution in [0.4, 0.5) is 14.9 Å². The third-order valence-electron chi connectivity index (χ3n) is 2.27. The van der Waals surface area contributed by atoms with Crippen molar-refractivity contribution in [3.63, 3.8) is 0 Å². The molecular formula is C14H20BrFN2O2. The molecule has 0 saturated heterocycles. The number of carbonyl (C=O) groups is 1. The second kappa shape index (κ2) is 7.47. The maximum Gasteiger partial charge on any atom is 0.407 e. The predicted octanol–water partition coefficient (Wildman–Crippen LogP) is 3.91. The van der Waals surface area contributed by atoms with Gasteiger partial charge in [-0.2, -0.15) is 0 Å². The van der Waals surface area contributed by atoms with E-state index < -0.39 is 11.7 Å². The first-order valence-corrected chi connectivity index (χ1v) is 7.23. The van der Waals surface area contributed by atoms with Gasteiger partial charge in [0.25, 0.3) is 0 Å². The van der Waals surface area contributed by atoms with Crippen molar-refractivity contribution < 1.29 is 13.9 Å². The molecule has 0 fully saturated rings. The fraction of sp³-hybridized carbons (Fsp3) is 0.500.